The number of ether oxygens (including phenoxy) is 1. The number of thiazole rings is 1. The van der Waals surface area contributed by atoms with Gasteiger partial charge >= 0.3 is 0 Å². The molecule has 0 aliphatic carbocycles. The fourth-order valence-electron chi connectivity index (χ4n) is 2.20. The first-order chi connectivity index (χ1) is 11.5. The van der Waals surface area contributed by atoms with Crippen LogP contribution in [-0.4, -0.2) is 68.8 Å². The van der Waals surface area contributed by atoms with Gasteiger partial charge in [0, 0.05) is 43.7 Å². The molecule has 6 nitrogen and oxygen atoms in total. The van der Waals surface area contributed by atoms with Gasteiger partial charge in [-0.1, -0.05) is 0 Å². The van der Waals surface area contributed by atoms with Crippen LogP contribution >= 0.6 is 35.3 Å². The van der Waals surface area contributed by atoms with Crippen LogP contribution in [0.2, 0.25) is 0 Å². The van der Waals surface area contributed by atoms with Crippen LogP contribution in [-0.2, 0) is 11.2 Å². The van der Waals surface area contributed by atoms with Gasteiger partial charge in [0.2, 0.25) is 0 Å². The number of nitrogens with zero attached hydrogens (tertiary/aromatic N) is 3. The second-order valence-corrected chi connectivity index (χ2v) is 7.25. The summed E-state index contributed by atoms with van der Waals surface area (Å²) in [5.41, 5.74) is 0. The zero-order valence-electron chi connectivity index (χ0n) is 16.2. The summed E-state index contributed by atoms with van der Waals surface area (Å²) < 4.78 is 5.80. The Labute approximate surface area is 173 Å². The normalized spacial score (nSPS) is 12.8. The molecule has 1 atom stereocenters. The van der Waals surface area contributed by atoms with Crippen LogP contribution < -0.4 is 10.6 Å². The van der Waals surface area contributed by atoms with Crippen molar-refractivity contribution >= 4 is 41.3 Å². The van der Waals surface area contributed by atoms with Gasteiger partial charge in [0.05, 0.1) is 17.7 Å². The quantitative estimate of drug-likeness (QED) is 0.288. The van der Waals surface area contributed by atoms with Crippen molar-refractivity contribution in [2.24, 2.45) is 4.99 Å². The fourth-order valence-corrected chi connectivity index (χ4v) is 2.99. The molecule has 25 heavy (non-hydrogen) atoms. The summed E-state index contributed by atoms with van der Waals surface area (Å²) in [7, 11) is 4.16. The number of aliphatic imine (C=N–C) groups is 1. The highest BCUT2D eigenvalue weighted by Gasteiger charge is 2.09. The molecule has 1 unspecified atom stereocenters. The Bertz CT molecular complexity index is 481. The SMILES string of the molecule is CCNC(=NCC(CCN(C)C)OCC)NCCc1ncc(C)s1.I. The number of aromatic nitrogens is 1. The maximum atomic E-state index is 5.80. The molecule has 0 radical (unpaired) electrons. The van der Waals surface area contributed by atoms with E-state index >= 15 is 0 Å². The Morgan fingerprint density at radius 1 is 1.36 bits per heavy atom. The lowest BCUT2D eigenvalue weighted by atomic mass is 10.2. The number of hydrogen-bond donors (Lipinski definition) is 2. The molecule has 0 saturated heterocycles. The van der Waals surface area contributed by atoms with Gasteiger partial charge in [-0.25, -0.2) is 4.98 Å². The maximum Gasteiger partial charge on any atom is 0.191 e. The first kappa shape index (κ1) is 24.6. The monoisotopic (exact) mass is 483 g/mol. The number of nitrogens with one attached hydrogen (secondary N) is 2. The highest BCUT2D eigenvalue weighted by atomic mass is 127. The van der Waals surface area contributed by atoms with Crippen molar-refractivity contribution in [3.05, 3.63) is 16.1 Å². The lowest BCUT2D eigenvalue weighted by molar-refractivity contribution is 0.0582. The molecule has 2 N–H and O–H groups in total. The van der Waals surface area contributed by atoms with Crippen molar-refractivity contribution in [2.45, 2.75) is 39.7 Å². The van der Waals surface area contributed by atoms with Crippen molar-refractivity contribution in [3.63, 3.8) is 0 Å². The lowest BCUT2D eigenvalue weighted by Gasteiger charge is -2.18. The molecule has 8 heteroatoms. The largest absolute Gasteiger partial charge is 0.377 e. The van der Waals surface area contributed by atoms with Crippen LogP contribution in [0.1, 0.15) is 30.2 Å². The molecule has 1 aromatic heterocycles. The molecule has 0 amide bonds. The van der Waals surface area contributed by atoms with Gasteiger partial charge in [-0.2, -0.15) is 0 Å². The summed E-state index contributed by atoms with van der Waals surface area (Å²) in [4.78, 5) is 12.5. The van der Waals surface area contributed by atoms with Gasteiger partial charge < -0.3 is 20.3 Å². The fraction of sp³-hybridized carbons (Fsp3) is 0.765. The van der Waals surface area contributed by atoms with Crippen LogP contribution in [0.15, 0.2) is 11.2 Å². The highest BCUT2D eigenvalue weighted by Crippen LogP contribution is 2.10. The maximum absolute atomic E-state index is 5.80. The van der Waals surface area contributed by atoms with E-state index < -0.39 is 0 Å². The third kappa shape index (κ3) is 11.7. The minimum absolute atomic E-state index is 0. The summed E-state index contributed by atoms with van der Waals surface area (Å²) >= 11 is 1.75. The second kappa shape index (κ2) is 14.7. The summed E-state index contributed by atoms with van der Waals surface area (Å²) in [5, 5.41) is 7.83. The van der Waals surface area contributed by atoms with Crippen molar-refractivity contribution in [1.82, 2.24) is 20.5 Å². The Morgan fingerprint density at radius 2 is 2.12 bits per heavy atom. The van der Waals surface area contributed by atoms with E-state index in [1.807, 2.05) is 13.1 Å². The summed E-state index contributed by atoms with van der Waals surface area (Å²) in [6, 6.07) is 0. The zero-order chi connectivity index (χ0) is 17.8. The van der Waals surface area contributed by atoms with Crippen LogP contribution in [0, 0.1) is 6.92 Å². The molecular weight excluding hydrogens is 449 g/mol. The Kier molecular flexibility index (Phi) is 14.4. The number of rotatable bonds is 11. The first-order valence-electron chi connectivity index (χ1n) is 8.74. The smallest absolute Gasteiger partial charge is 0.191 e. The molecule has 0 saturated carbocycles. The summed E-state index contributed by atoms with van der Waals surface area (Å²) in [6.07, 6.45) is 3.99. The van der Waals surface area contributed by atoms with E-state index in [0.29, 0.717) is 6.54 Å². The molecule has 1 heterocycles. The van der Waals surface area contributed by atoms with E-state index in [4.69, 9.17) is 4.74 Å². The van der Waals surface area contributed by atoms with Crippen LogP contribution in [0.25, 0.3) is 0 Å². The number of halogens is 1. The minimum Gasteiger partial charge on any atom is -0.377 e. The van der Waals surface area contributed by atoms with Crippen molar-refractivity contribution < 1.29 is 4.74 Å². The van der Waals surface area contributed by atoms with Gasteiger partial charge in [0.25, 0.3) is 0 Å². The molecule has 0 aliphatic rings. The predicted molar refractivity (Wildman–Crippen MR) is 119 cm³/mol. The average molecular weight is 483 g/mol. The van der Waals surface area contributed by atoms with Crippen LogP contribution in [0.3, 0.4) is 0 Å². The lowest BCUT2D eigenvalue weighted by Crippen LogP contribution is -2.39. The molecule has 0 spiro atoms. The topological polar surface area (TPSA) is 61.8 Å². The van der Waals surface area contributed by atoms with Crippen molar-refractivity contribution in [2.75, 3.05) is 46.9 Å². The molecule has 0 aromatic carbocycles. The summed E-state index contributed by atoms with van der Waals surface area (Å²) in [5.74, 6) is 0.848. The second-order valence-electron chi connectivity index (χ2n) is 5.93. The summed E-state index contributed by atoms with van der Waals surface area (Å²) in [6.45, 7) is 10.3. The van der Waals surface area contributed by atoms with E-state index in [1.54, 1.807) is 11.3 Å². The Hall–Kier alpha value is -0.450. The van der Waals surface area contributed by atoms with Crippen LogP contribution in [0.5, 0.6) is 0 Å². The van der Waals surface area contributed by atoms with E-state index in [0.717, 1.165) is 50.0 Å². The number of hydrogen-bond acceptors (Lipinski definition) is 5. The van der Waals surface area contributed by atoms with Gasteiger partial charge in [-0.15, -0.1) is 35.3 Å². The average Bonchev–Trinajstić information content (AvgIpc) is 2.95. The third-order valence-corrected chi connectivity index (χ3v) is 4.37. The first-order valence-corrected chi connectivity index (χ1v) is 9.56. The number of guanidine groups is 1. The van der Waals surface area contributed by atoms with E-state index in [2.05, 4.69) is 53.5 Å². The highest BCUT2D eigenvalue weighted by molar-refractivity contribution is 14.0. The standard InChI is InChI=1S/C17H33N5OS.HI/c1-6-18-17(19-10-8-16-20-12-14(3)24-16)21-13-15(23-7-2)9-11-22(4)5;/h12,15H,6-11,13H2,1-5H3,(H2,18,19,21);1H. The number of aryl methyl sites for hydroxylation is 1. The van der Waals surface area contributed by atoms with E-state index in [-0.39, 0.29) is 30.1 Å². The molecule has 146 valence electrons. The molecule has 0 bridgehead atoms. The van der Waals surface area contributed by atoms with E-state index in [9.17, 15) is 0 Å². The molecular formula is C17H34IN5OS. The predicted octanol–water partition coefficient (Wildman–Crippen LogP) is 2.52. The van der Waals surface area contributed by atoms with Crippen molar-refractivity contribution in [1.29, 1.82) is 0 Å². The Morgan fingerprint density at radius 3 is 2.68 bits per heavy atom. The molecule has 0 aliphatic heterocycles. The minimum atomic E-state index is 0. The van der Waals surface area contributed by atoms with E-state index in [1.165, 1.54) is 4.88 Å². The molecule has 0 fully saturated rings. The Balaban J connectivity index is 0.00000576. The van der Waals surface area contributed by atoms with Gasteiger partial charge in [-0.05, 0) is 41.3 Å². The van der Waals surface area contributed by atoms with Gasteiger partial charge in [0.1, 0.15) is 0 Å². The third-order valence-electron chi connectivity index (χ3n) is 3.40. The van der Waals surface area contributed by atoms with Gasteiger partial charge in [-0.3, -0.25) is 4.99 Å². The van der Waals surface area contributed by atoms with Gasteiger partial charge in [0.15, 0.2) is 5.96 Å². The molecule has 1 aromatic rings. The van der Waals surface area contributed by atoms with Crippen molar-refractivity contribution in [3.8, 4) is 0 Å². The van der Waals surface area contributed by atoms with Crippen LogP contribution in [0.4, 0.5) is 0 Å². The zero-order valence-corrected chi connectivity index (χ0v) is 19.3. The molecule has 1 rings (SSSR count).